The van der Waals surface area contributed by atoms with Crippen molar-refractivity contribution in [3.8, 4) is 5.75 Å². The smallest absolute Gasteiger partial charge is 0.240 e. The van der Waals surface area contributed by atoms with Crippen molar-refractivity contribution in [2.75, 3.05) is 13.7 Å². The molecule has 0 unspecified atom stereocenters. The van der Waals surface area contributed by atoms with Crippen LogP contribution in [0.5, 0.6) is 5.75 Å². The lowest BCUT2D eigenvalue weighted by Gasteiger charge is -2.06. The van der Waals surface area contributed by atoms with Gasteiger partial charge in [-0.1, -0.05) is 0 Å². The van der Waals surface area contributed by atoms with Gasteiger partial charge in [0.25, 0.3) is 0 Å². The summed E-state index contributed by atoms with van der Waals surface area (Å²) >= 11 is 0. The van der Waals surface area contributed by atoms with Crippen molar-refractivity contribution in [3.63, 3.8) is 0 Å². The number of nitrogens with zero attached hydrogens (tertiary/aromatic N) is 1. The first-order valence-corrected chi connectivity index (χ1v) is 7.11. The van der Waals surface area contributed by atoms with E-state index in [-0.39, 0.29) is 11.4 Å². The third-order valence-electron chi connectivity index (χ3n) is 2.53. The first-order valence-electron chi connectivity index (χ1n) is 5.62. The quantitative estimate of drug-likeness (QED) is 0.861. The standard InChI is InChI=1S/C12H14N2O4S/c1-17-11-2-4-12(5-3-11)19(15,16)14-7-6-10-8-18-9-13-10/h2-5,8-9,14H,6-7H2,1H3. The maximum absolute atomic E-state index is 12.0. The SMILES string of the molecule is COc1ccc(S(=O)(=O)NCCc2cocn2)cc1. The summed E-state index contributed by atoms with van der Waals surface area (Å²) in [6.45, 7) is 0.265. The number of methoxy groups -OCH3 is 1. The largest absolute Gasteiger partial charge is 0.497 e. The van der Waals surface area contributed by atoms with Crippen LogP contribution in [0.3, 0.4) is 0 Å². The molecular weight excluding hydrogens is 268 g/mol. The van der Waals surface area contributed by atoms with E-state index in [0.29, 0.717) is 17.9 Å². The Hall–Kier alpha value is -1.86. The minimum absolute atomic E-state index is 0.202. The van der Waals surface area contributed by atoms with Crippen molar-refractivity contribution in [3.05, 3.63) is 42.6 Å². The van der Waals surface area contributed by atoms with Crippen LogP contribution >= 0.6 is 0 Å². The molecule has 1 heterocycles. The number of nitrogens with one attached hydrogen (secondary N) is 1. The fraction of sp³-hybridized carbons (Fsp3) is 0.250. The van der Waals surface area contributed by atoms with Gasteiger partial charge in [0.05, 0.1) is 17.7 Å². The molecule has 0 atom stereocenters. The number of benzene rings is 1. The van der Waals surface area contributed by atoms with Crippen LogP contribution in [0.2, 0.25) is 0 Å². The van der Waals surface area contributed by atoms with E-state index in [9.17, 15) is 8.42 Å². The van der Waals surface area contributed by atoms with Crippen molar-refractivity contribution < 1.29 is 17.6 Å². The van der Waals surface area contributed by atoms with E-state index in [1.807, 2.05) is 0 Å². The fourth-order valence-corrected chi connectivity index (χ4v) is 2.54. The van der Waals surface area contributed by atoms with Gasteiger partial charge in [0.1, 0.15) is 12.0 Å². The van der Waals surface area contributed by atoms with Crippen LogP contribution in [0.1, 0.15) is 5.69 Å². The highest BCUT2D eigenvalue weighted by atomic mass is 32.2. The van der Waals surface area contributed by atoms with E-state index in [0.717, 1.165) is 0 Å². The molecule has 0 aliphatic carbocycles. The molecular formula is C12H14N2O4S. The monoisotopic (exact) mass is 282 g/mol. The van der Waals surface area contributed by atoms with Gasteiger partial charge < -0.3 is 9.15 Å². The summed E-state index contributed by atoms with van der Waals surface area (Å²) < 4.78 is 36.2. The highest BCUT2D eigenvalue weighted by molar-refractivity contribution is 7.89. The van der Waals surface area contributed by atoms with Gasteiger partial charge in [-0.3, -0.25) is 0 Å². The average molecular weight is 282 g/mol. The summed E-state index contributed by atoms with van der Waals surface area (Å²) in [5.74, 6) is 0.613. The Bertz CT molecular complexity index is 606. The van der Waals surface area contributed by atoms with Crippen LogP contribution in [0.4, 0.5) is 0 Å². The van der Waals surface area contributed by atoms with Crippen LogP contribution in [0, 0.1) is 0 Å². The van der Waals surface area contributed by atoms with Crippen LogP contribution < -0.4 is 9.46 Å². The van der Waals surface area contributed by atoms with Crippen molar-refractivity contribution in [2.24, 2.45) is 0 Å². The van der Waals surface area contributed by atoms with Gasteiger partial charge in [-0.25, -0.2) is 18.1 Å². The molecule has 0 bridgehead atoms. The molecule has 1 aromatic carbocycles. The molecule has 1 N–H and O–H groups in total. The van der Waals surface area contributed by atoms with Gasteiger partial charge in [0.2, 0.25) is 10.0 Å². The maximum atomic E-state index is 12.0. The Balaban J connectivity index is 1.97. The second kappa shape index (κ2) is 5.85. The van der Waals surface area contributed by atoms with E-state index < -0.39 is 10.0 Å². The zero-order valence-electron chi connectivity index (χ0n) is 10.4. The molecule has 0 radical (unpaired) electrons. The number of hydrogen-bond donors (Lipinski definition) is 1. The van der Waals surface area contributed by atoms with Crippen LogP contribution in [0.15, 0.2) is 46.2 Å². The van der Waals surface area contributed by atoms with Gasteiger partial charge in [-0.2, -0.15) is 0 Å². The van der Waals surface area contributed by atoms with Crippen molar-refractivity contribution in [1.82, 2.24) is 9.71 Å². The number of hydrogen-bond acceptors (Lipinski definition) is 5. The zero-order chi connectivity index (χ0) is 13.7. The number of rotatable bonds is 6. The Labute approximate surface area is 111 Å². The van der Waals surface area contributed by atoms with E-state index >= 15 is 0 Å². The van der Waals surface area contributed by atoms with Gasteiger partial charge >= 0.3 is 0 Å². The second-order valence-corrected chi connectivity index (χ2v) is 5.57. The van der Waals surface area contributed by atoms with E-state index in [1.165, 1.54) is 31.9 Å². The van der Waals surface area contributed by atoms with Gasteiger partial charge in [-0.15, -0.1) is 0 Å². The summed E-state index contributed by atoms with van der Waals surface area (Å²) in [6.07, 6.45) is 3.28. The minimum Gasteiger partial charge on any atom is -0.497 e. The van der Waals surface area contributed by atoms with Crippen LogP contribution in [-0.2, 0) is 16.4 Å². The average Bonchev–Trinajstić information content (AvgIpc) is 2.92. The Morgan fingerprint density at radius 1 is 1.32 bits per heavy atom. The van der Waals surface area contributed by atoms with Crippen LogP contribution in [0.25, 0.3) is 0 Å². The molecule has 102 valence electrons. The molecule has 1 aromatic heterocycles. The maximum Gasteiger partial charge on any atom is 0.240 e. The Kier molecular flexibility index (Phi) is 4.18. The molecule has 0 saturated heterocycles. The molecule has 7 heteroatoms. The normalized spacial score (nSPS) is 11.4. The van der Waals surface area contributed by atoms with Crippen molar-refractivity contribution in [2.45, 2.75) is 11.3 Å². The number of ether oxygens (including phenoxy) is 1. The lowest BCUT2D eigenvalue weighted by molar-refractivity contribution is 0.414. The molecule has 0 spiro atoms. The summed E-state index contributed by atoms with van der Waals surface area (Å²) in [7, 11) is -1.97. The highest BCUT2D eigenvalue weighted by Gasteiger charge is 2.13. The predicted octanol–water partition coefficient (Wildman–Crippen LogP) is 1.20. The van der Waals surface area contributed by atoms with E-state index in [4.69, 9.17) is 9.15 Å². The summed E-state index contributed by atoms with van der Waals surface area (Å²) in [4.78, 5) is 4.12. The molecule has 0 aliphatic heterocycles. The van der Waals surface area contributed by atoms with Crippen LogP contribution in [-0.4, -0.2) is 27.1 Å². The van der Waals surface area contributed by atoms with Crippen molar-refractivity contribution >= 4 is 10.0 Å². The first-order chi connectivity index (χ1) is 9.12. The highest BCUT2D eigenvalue weighted by Crippen LogP contribution is 2.15. The first kappa shape index (κ1) is 13.6. The van der Waals surface area contributed by atoms with E-state index in [1.54, 1.807) is 12.1 Å². The lowest BCUT2D eigenvalue weighted by Crippen LogP contribution is -2.26. The number of sulfonamides is 1. The third kappa shape index (κ3) is 3.55. The molecule has 0 fully saturated rings. The molecule has 2 aromatic rings. The lowest BCUT2D eigenvalue weighted by atomic mass is 10.3. The topological polar surface area (TPSA) is 81.4 Å². The number of oxazole rings is 1. The Morgan fingerprint density at radius 3 is 2.63 bits per heavy atom. The molecule has 6 nitrogen and oxygen atoms in total. The van der Waals surface area contributed by atoms with Gasteiger partial charge in [-0.05, 0) is 24.3 Å². The molecule has 0 amide bonds. The predicted molar refractivity (Wildman–Crippen MR) is 68.4 cm³/mol. The number of aromatic nitrogens is 1. The zero-order valence-corrected chi connectivity index (χ0v) is 11.2. The second-order valence-electron chi connectivity index (χ2n) is 3.80. The minimum atomic E-state index is -3.50. The van der Waals surface area contributed by atoms with E-state index in [2.05, 4.69) is 9.71 Å². The summed E-state index contributed by atoms with van der Waals surface area (Å²) in [5.41, 5.74) is 0.706. The molecule has 19 heavy (non-hydrogen) atoms. The summed E-state index contributed by atoms with van der Waals surface area (Å²) in [6, 6.07) is 6.20. The molecule has 2 rings (SSSR count). The van der Waals surface area contributed by atoms with Gasteiger partial charge in [0, 0.05) is 13.0 Å². The molecule has 0 saturated carbocycles. The van der Waals surface area contributed by atoms with Gasteiger partial charge in [0.15, 0.2) is 6.39 Å². The fourth-order valence-electron chi connectivity index (χ4n) is 1.51. The van der Waals surface area contributed by atoms with Crippen molar-refractivity contribution in [1.29, 1.82) is 0 Å². The molecule has 0 aliphatic rings. The third-order valence-corrected chi connectivity index (χ3v) is 4.00. The summed E-state index contributed by atoms with van der Waals surface area (Å²) in [5, 5.41) is 0. The Morgan fingerprint density at radius 2 is 2.05 bits per heavy atom.